The standard InChI is InChI=1S/C11H15F2NO3/c1-14-4-10(16)11(17)6-2-8(12)7(5-15)9(13)3-6/h2-3,10-11,14-17H,4-5H2,1H3. The molecule has 1 rings (SSSR count). The van der Waals surface area contributed by atoms with Crippen LogP contribution in [0, 0.1) is 11.6 Å². The van der Waals surface area contributed by atoms with E-state index in [2.05, 4.69) is 5.32 Å². The molecule has 0 radical (unpaired) electrons. The summed E-state index contributed by atoms with van der Waals surface area (Å²) in [6.45, 7) is -0.667. The zero-order valence-electron chi connectivity index (χ0n) is 9.32. The zero-order chi connectivity index (χ0) is 13.0. The van der Waals surface area contributed by atoms with Gasteiger partial charge in [0, 0.05) is 12.1 Å². The van der Waals surface area contributed by atoms with Crippen molar-refractivity contribution in [2.24, 2.45) is 0 Å². The smallest absolute Gasteiger partial charge is 0.132 e. The minimum Gasteiger partial charge on any atom is -0.391 e. The molecule has 6 heteroatoms. The fourth-order valence-corrected chi connectivity index (χ4v) is 1.49. The van der Waals surface area contributed by atoms with Gasteiger partial charge in [0.1, 0.15) is 17.7 Å². The predicted molar refractivity (Wildman–Crippen MR) is 57.2 cm³/mol. The molecular formula is C11H15F2NO3. The van der Waals surface area contributed by atoms with Crippen molar-refractivity contribution >= 4 is 0 Å². The normalized spacial score (nSPS) is 14.7. The van der Waals surface area contributed by atoms with Crippen molar-refractivity contribution in [3.8, 4) is 0 Å². The van der Waals surface area contributed by atoms with E-state index in [1.807, 2.05) is 0 Å². The molecule has 0 fully saturated rings. The van der Waals surface area contributed by atoms with Crippen LogP contribution in [0.4, 0.5) is 8.78 Å². The Morgan fingerprint density at radius 3 is 2.18 bits per heavy atom. The van der Waals surface area contributed by atoms with Crippen LogP contribution in [-0.2, 0) is 6.61 Å². The van der Waals surface area contributed by atoms with Gasteiger partial charge in [-0.05, 0) is 24.7 Å². The average molecular weight is 247 g/mol. The summed E-state index contributed by atoms with van der Waals surface area (Å²) in [6.07, 6.45) is -2.56. The Labute approximate surface area is 97.5 Å². The van der Waals surface area contributed by atoms with Gasteiger partial charge in [-0.2, -0.15) is 0 Å². The van der Waals surface area contributed by atoms with Crippen LogP contribution in [0.15, 0.2) is 12.1 Å². The molecule has 0 spiro atoms. The zero-order valence-corrected chi connectivity index (χ0v) is 9.32. The van der Waals surface area contributed by atoms with Crippen LogP contribution in [0.5, 0.6) is 0 Å². The van der Waals surface area contributed by atoms with Gasteiger partial charge in [-0.15, -0.1) is 0 Å². The summed E-state index contributed by atoms with van der Waals surface area (Å²) in [4.78, 5) is 0. The highest BCUT2D eigenvalue weighted by Gasteiger charge is 2.20. The van der Waals surface area contributed by atoms with Gasteiger partial charge >= 0.3 is 0 Å². The van der Waals surface area contributed by atoms with Gasteiger partial charge < -0.3 is 20.6 Å². The second-order valence-corrected chi connectivity index (χ2v) is 3.69. The van der Waals surface area contributed by atoms with Gasteiger partial charge in [0.05, 0.1) is 12.7 Å². The van der Waals surface area contributed by atoms with E-state index in [-0.39, 0.29) is 12.1 Å². The molecule has 0 aliphatic heterocycles. The number of hydrogen-bond donors (Lipinski definition) is 4. The first-order valence-electron chi connectivity index (χ1n) is 5.10. The van der Waals surface area contributed by atoms with Crippen molar-refractivity contribution in [1.29, 1.82) is 0 Å². The third-order valence-corrected chi connectivity index (χ3v) is 2.44. The van der Waals surface area contributed by atoms with E-state index < -0.39 is 36.0 Å². The Hall–Kier alpha value is -1.08. The quantitative estimate of drug-likeness (QED) is 0.594. The fourth-order valence-electron chi connectivity index (χ4n) is 1.49. The first kappa shape index (κ1) is 14.0. The molecule has 4 N–H and O–H groups in total. The molecule has 0 aliphatic carbocycles. The summed E-state index contributed by atoms with van der Waals surface area (Å²) in [7, 11) is 1.58. The largest absolute Gasteiger partial charge is 0.391 e. The number of aliphatic hydroxyl groups is 3. The van der Waals surface area contributed by atoms with Gasteiger partial charge in [-0.25, -0.2) is 8.78 Å². The first-order valence-corrected chi connectivity index (χ1v) is 5.10. The molecular weight excluding hydrogens is 232 g/mol. The summed E-state index contributed by atoms with van der Waals surface area (Å²) in [5.74, 6) is -1.89. The lowest BCUT2D eigenvalue weighted by Gasteiger charge is -2.18. The van der Waals surface area contributed by atoms with Gasteiger partial charge in [-0.1, -0.05) is 0 Å². The number of hydrogen-bond acceptors (Lipinski definition) is 4. The lowest BCUT2D eigenvalue weighted by Crippen LogP contribution is -2.29. The number of halogens is 2. The maximum Gasteiger partial charge on any atom is 0.132 e. The Kier molecular flexibility index (Phi) is 4.95. The van der Waals surface area contributed by atoms with Gasteiger partial charge in [0.2, 0.25) is 0 Å². The summed E-state index contributed by atoms with van der Waals surface area (Å²) >= 11 is 0. The second kappa shape index (κ2) is 6.02. The number of rotatable bonds is 5. The van der Waals surface area contributed by atoms with Crippen molar-refractivity contribution in [2.45, 2.75) is 18.8 Å². The molecule has 2 atom stereocenters. The van der Waals surface area contributed by atoms with Crippen molar-refractivity contribution in [1.82, 2.24) is 5.32 Å². The highest BCUT2D eigenvalue weighted by atomic mass is 19.1. The molecule has 2 unspecified atom stereocenters. The Morgan fingerprint density at radius 2 is 1.76 bits per heavy atom. The molecule has 17 heavy (non-hydrogen) atoms. The SMILES string of the molecule is CNCC(O)C(O)c1cc(F)c(CO)c(F)c1. The topological polar surface area (TPSA) is 72.7 Å². The molecule has 0 amide bonds. The van der Waals surface area contributed by atoms with Crippen LogP contribution in [0.25, 0.3) is 0 Å². The van der Waals surface area contributed by atoms with E-state index in [4.69, 9.17) is 5.11 Å². The van der Waals surface area contributed by atoms with Crippen molar-refractivity contribution < 1.29 is 24.1 Å². The van der Waals surface area contributed by atoms with Crippen LogP contribution >= 0.6 is 0 Å². The molecule has 0 aromatic heterocycles. The maximum atomic E-state index is 13.3. The Morgan fingerprint density at radius 1 is 1.24 bits per heavy atom. The summed E-state index contributed by atoms with van der Waals surface area (Å²) in [6, 6.07) is 1.80. The molecule has 0 saturated heterocycles. The Bertz CT molecular complexity index is 364. The molecule has 0 heterocycles. The third-order valence-electron chi connectivity index (χ3n) is 2.44. The first-order chi connectivity index (χ1) is 8.01. The molecule has 96 valence electrons. The lowest BCUT2D eigenvalue weighted by molar-refractivity contribution is 0.0198. The molecule has 0 saturated carbocycles. The van der Waals surface area contributed by atoms with E-state index in [0.29, 0.717) is 0 Å². The predicted octanol–water partition coefficient (Wildman–Crippen LogP) is 0.0708. The molecule has 0 aliphatic rings. The van der Waals surface area contributed by atoms with Crippen molar-refractivity contribution in [3.05, 3.63) is 34.9 Å². The van der Waals surface area contributed by atoms with Gasteiger partial charge in [0.25, 0.3) is 0 Å². The highest BCUT2D eigenvalue weighted by Crippen LogP contribution is 2.22. The number of benzene rings is 1. The van der Waals surface area contributed by atoms with E-state index in [9.17, 15) is 19.0 Å². The van der Waals surface area contributed by atoms with Crippen LogP contribution in [0.2, 0.25) is 0 Å². The average Bonchev–Trinajstić information content (AvgIpc) is 2.27. The van der Waals surface area contributed by atoms with E-state index in [0.717, 1.165) is 12.1 Å². The van der Waals surface area contributed by atoms with Gasteiger partial charge in [0.15, 0.2) is 0 Å². The number of aliphatic hydroxyl groups excluding tert-OH is 3. The lowest BCUT2D eigenvalue weighted by atomic mass is 10.0. The van der Waals surface area contributed by atoms with Crippen molar-refractivity contribution in [3.63, 3.8) is 0 Å². The van der Waals surface area contributed by atoms with Gasteiger partial charge in [-0.3, -0.25) is 0 Å². The van der Waals surface area contributed by atoms with Crippen LogP contribution < -0.4 is 5.32 Å². The molecule has 0 bridgehead atoms. The summed E-state index contributed by atoms with van der Waals surface area (Å²) in [5, 5.41) is 30.5. The van der Waals surface area contributed by atoms with E-state index >= 15 is 0 Å². The summed E-state index contributed by atoms with van der Waals surface area (Å²) < 4.78 is 26.6. The third kappa shape index (κ3) is 3.19. The van der Waals surface area contributed by atoms with E-state index in [1.54, 1.807) is 7.05 Å². The second-order valence-electron chi connectivity index (χ2n) is 3.69. The molecule has 4 nitrogen and oxygen atoms in total. The number of likely N-dealkylation sites (N-methyl/N-ethyl adjacent to an activating group) is 1. The van der Waals surface area contributed by atoms with Crippen LogP contribution in [0.3, 0.4) is 0 Å². The minimum atomic E-state index is -1.39. The van der Waals surface area contributed by atoms with E-state index in [1.165, 1.54) is 0 Å². The molecule has 1 aromatic carbocycles. The fraction of sp³-hybridized carbons (Fsp3) is 0.455. The number of nitrogens with one attached hydrogen (secondary N) is 1. The van der Waals surface area contributed by atoms with Crippen molar-refractivity contribution in [2.75, 3.05) is 13.6 Å². The Balaban J connectivity index is 2.99. The molecule has 1 aromatic rings. The maximum absolute atomic E-state index is 13.3. The summed E-state index contributed by atoms with van der Waals surface area (Å²) in [5.41, 5.74) is -0.524. The monoisotopic (exact) mass is 247 g/mol. The van der Waals surface area contributed by atoms with Crippen LogP contribution in [0.1, 0.15) is 17.2 Å². The highest BCUT2D eigenvalue weighted by molar-refractivity contribution is 5.27. The van der Waals surface area contributed by atoms with Crippen LogP contribution in [-0.4, -0.2) is 35.0 Å². The minimum absolute atomic E-state index is 0.0695.